The SMILES string of the molecule is CCCCN(CC=C(F)CO)C(=O)O. The van der Waals surface area contributed by atoms with E-state index in [4.69, 9.17) is 10.2 Å². The van der Waals surface area contributed by atoms with Gasteiger partial charge in [-0.3, -0.25) is 0 Å². The minimum Gasteiger partial charge on any atom is -0.465 e. The van der Waals surface area contributed by atoms with Crippen molar-refractivity contribution >= 4 is 6.09 Å². The van der Waals surface area contributed by atoms with E-state index in [9.17, 15) is 9.18 Å². The molecule has 0 heterocycles. The minimum atomic E-state index is -1.07. The molecule has 0 radical (unpaired) electrons. The first kappa shape index (κ1) is 12.9. The van der Waals surface area contributed by atoms with Crippen molar-refractivity contribution < 1.29 is 19.4 Å². The number of carbonyl (C=O) groups is 1. The monoisotopic (exact) mass is 205 g/mol. The Morgan fingerprint density at radius 1 is 1.57 bits per heavy atom. The zero-order valence-corrected chi connectivity index (χ0v) is 8.24. The highest BCUT2D eigenvalue weighted by molar-refractivity contribution is 5.65. The summed E-state index contributed by atoms with van der Waals surface area (Å²) in [6.07, 6.45) is 1.64. The van der Waals surface area contributed by atoms with Gasteiger partial charge in [0.15, 0.2) is 0 Å². The van der Waals surface area contributed by atoms with Crippen LogP contribution in [0.2, 0.25) is 0 Å². The van der Waals surface area contributed by atoms with Gasteiger partial charge in [-0.2, -0.15) is 0 Å². The molecule has 2 N–H and O–H groups in total. The highest BCUT2D eigenvalue weighted by Crippen LogP contribution is 1.99. The molecule has 0 saturated carbocycles. The highest BCUT2D eigenvalue weighted by atomic mass is 19.1. The Morgan fingerprint density at radius 2 is 2.21 bits per heavy atom. The first-order valence-corrected chi connectivity index (χ1v) is 4.55. The number of hydrogen-bond acceptors (Lipinski definition) is 2. The molecule has 0 spiro atoms. The van der Waals surface area contributed by atoms with E-state index in [2.05, 4.69) is 0 Å². The van der Waals surface area contributed by atoms with Gasteiger partial charge in [0.1, 0.15) is 5.83 Å². The van der Waals surface area contributed by atoms with Gasteiger partial charge in [-0.25, -0.2) is 9.18 Å². The van der Waals surface area contributed by atoms with E-state index in [1.54, 1.807) is 0 Å². The summed E-state index contributed by atoms with van der Waals surface area (Å²) in [5.74, 6) is -0.701. The van der Waals surface area contributed by atoms with Crippen LogP contribution in [0.25, 0.3) is 0 Å². The third kappa shape index (κ3) is 5.53. The molecule has 0 atom stereocenters. The molecule has 0 aliphatic heterocycles. The number of rotatable bonds is 6. The van der Waals surface area contributed by atoms with Gasteiger partial charge in [-0.15, -0.1) is 0 Å². The first-order valence-electron chi connectivity index (χ1n) is 4.55. The zero-order valence-electron chi connectivity index (χ0n) is 8.24. The number of carboxylic acid groups (broad SMARTS) is 1. The molecule has 0 aromatic carbocycles. The van der Waals surface area contributed by atoms with Crippen molar-refractivity contribution in [2.45, 2.75) is 19.8 Å². The lowest BCUT2D eigenvalue weighted by atomic mass is 10.3. The van der Waals surface area contributed by atoms with Gasteiger partial charge in [0.25, 0.3) is 0 Å². The summed E-state index contributed by atoms with van der Waals surface area (Å²) in [6, 6.07) is 0. The summed E-state index contributed by atoms with van der Waals surface area (Å²) >= 11 is 0. The van der Waals surface area contributed by atoms with Crippen LogP contribution in [0.15, 0.2) is 11.9 Å². The second-order valence-electron chi connectivity index (χ2n) is 2.89. The number of nitrogens with zero attached hydrogens (tertiary/aromatic N) is 1. The number of aliphatic hydroxyl groups is 1. The average Bonchev–Trinajstić information content (AvgIpc) is 2.16. The Morgan fingerprint density at radius 3 is 2.64 bits per heavy atom. The molecular formula is C9H16FNO3. The number of halogens is 1. The first-order chi connectivity index (χ1) is 6.61. The predicted molar refractivity (Wildman–Crippen MR) is 50.8 cm³/mol. The van der Waals surface area contributed by atoms with Crippen LogP contribution in [-0.2, 0) is 0 Å². The Hall–Kier alpha value is -1.10. The van der Waals surface area contributed by atoms with Crippen LogP contribution in [0, 0.1) is 0 Å². The smallest absolute Gasteiger partial charge is 0.407 e. The van der Waals surface area contributed by atoms with Crippen molar-refractivity contribution in [2.24, 2.45) is 0 Å². The van der Waals surface area contributed by atoms with Crippen LogP contribution in [0.4, 0.5) is 9.18 Å². The van der Waals surface area contributed by atoms with Crippen molar-refractivity contribution in [2.75, 3.05) is 19.7 Å². The van der Waals surface area contributed by atoms with Crippen molar-refractivity contribution in [3.05, 3.63) is 11.9 Å². The molecule has 0 aliphatic carbocycles. The standard InChI is InChI=1S/C9H16FNO3/c1-2-3-5-11(9(13)14)6-4-8(10)7-12/h4,12H,2-3,5-7H2,1H3,(H,13,14). The Kier molecular flexibility index (Phi) is 6.74. The average molecular weight is 205 g/mol. The van der Waals surface area contributed by atoms with Gasteiger partial charge in [-0.05, 0) is 12.5 Å². The third-order valence-electron chi connectivity index (χ3n) is 1.74. The topological polar surface area (TPSA) is 60.8 Å². The van der Waals surface area contributed by atoms with Gasteiger partial charge in [-0.1, -0.05) is 13.3 Å². The summed E-state index contributed by atoms with van der Waals surface area (Å²) in [4.78, 5) is 11.7. The van der Waals surface area contributed by atoms with Crippen molar-refractivity contribution in [3.63, 3.8) is 0 Å². The molecule has 4 nitrogen and oxygen atoms in total. The molecule has 14 heavy (non-hydrogen) atoms. The van der Waals surface area contributed by atoms with Crippen LogP contribution in [0.1, 0.15) is 19.8 Å². The molecule has 5 heteroatoms. The molecule has 1 amide bonds. The Bertz CT molecular complexity index is 206. The number of unbranched alkanes of at least 4 members (excludes halogenated alkanes) is 1. The maximum atomic E-state index is 12.5. The van der Waals surface area contributed by atoms with E-state index in [-0.39, 0.29) is 6.54 Å². The van der Waals surface area contributed by atoms with E-state index >= 15 is 0 Å². The minimum absolute atomic E-state index is 0.0122. The predicted octanol–water partition coefficient (Wildman–Crippen LogP) is 1.61. The van der Waals surface area contributed by atoms with E-state index in [0.717, 1.165) is 23.8 Å². The quantitative estimate of drug-likeness (QED) is 0.692. The van der Waals surface area contributed by atoms with E-state index in [1.807, 2.05) is 6.92 Å². The van der Waals surface area contributed by atoms with E-state index in [1.165, 1.54) is 0 Å². The molecular weight excluding hydrogens is 189 g/mol. The molecule has 0 saturated heterocycles. The number of hydrogen-bond donors (Lipinski definition) is 2. The maximum absolute atomic E-state index is 12.5. The molecule has 0 aromatic rings. The molecule has 0 rings (SSSR count). The van der Waals surface area contributed by atoms with Gasteiger partial charge < -0.3 is 15.1 Å². The lowest BCUT2D eigenvalue weighted by Gasteiger charge is -2.16. The van der Waals surface area contributed by atoms with Crippen molar-refractivity contribution in [3.8, 4) is 0 Å². The van der Waals surface area contributed by atoms with Gasteiger partial charge in [0.2, 0.25) is 0 Å². The van der Waals surface area contributed by atoms with E-state index < -0.39 is 18.5 Å². The molecule has 82 valence electrons. The summed E-state index contributed by atoms with van der Waals surface area (Å²) in [5, 5.41) is 17.1. The number of amides is 1. The fraction of sp³-hybridized carbons (Fsp3) is 0.667. The lowest BCUT2D eigenvalue weighted by molar-refractivity contribution is 0.149. The molecule has 0 bridgehead atoms. The second kappa shape index (κ2) is 7.32. The Balaban J connectivity index is 4.03. The van der Waals surface area contributed by atoms with Crippen LogP contribution >= 0.6 is 0 Å². The number of aliphatic hydroxyl groups excluding tert-OH is 1. The van der Waals surface area contributed by atoms with Crippen LogP contribution in [0.5, 0.6) is 0 Å². The van der Waals surface area contributed by atoms with Crippen LogP contribution in [0.3, 0.4) is 0 Å². The molecule has 0 aromatic heterocycles. The normalized spacial score (nSPS) is 11.5. The third-order valence-corrected chi connectivity index (χ3v) is 1.74. The fourth-order valence-corrected chi connectivity index (χ4v) is 0.888. The fourth-order valence-electron chi connectivity index (χ4n) is 0.888. The van der Waals surface area contributed by atoms with Gasteiger partial charge in [0, 0.05) is 13.1 Å². The van der Waals surface area contributed by atoms with Gasteiger partial charge in [0.05, 0.1) is 6.61 Å². The highest BCUT2D eigenvalue weighted by Gasteiger charge is 2.08. The molecule has 0 aliphatic rings. The molecule has 0 unspecified atom stereocenters. The second-order valence-corrected chi connectivity index (χ2v) is 2.89. The van der Waals surface area contributed by atoms with Crippen LogP contribution < -0.4 is 0 Å². The summed E-state index contributed by atoms with van der Waals surface area (Å²) in [5.41, 5.74) is 0. The van der Waals surface area contributed by atoms with Crippen molar-refractivity contribution in [1.29, 1.82) is 0 Å². The summed E-state index contributed by atoms with van der Waals surface area (Å²) in [6.45, 7) is 1.65. The van der Waals surface area contributed by atoms with Crippen molar-refractivity contribution in [1.82, 2.24) is 4.90 Å². The van der Waals surface area contributed by atoms with Crippen LogP contribution in [-0.4, -0.2) is 40.9 Å². The Labute approximate surface area is 82.6 Å². The zero-order chi connectivity index (χ0) is 11.0. The van der Waals surface area contributed by atoms with E-state index in [0.29, 0.717) is 6.54 Å². The lowest BCUT2D eigenvalue weighted by Crippen LogP contribution is -2.30. The summed E-state index contributed by atoms with van der Waals surface area (Å²) < 4.78 is 12.5. The molecule has 0 fully saturated rings. The summed E-state index contributed by atoms with van der Waals surface area (Å²) in [7, 11) is 0. The largest absolute Gasteiger partial charge is 0.465 e. The van der Waals surface area contributed by atoms with Gasteiger partial charge >= 0.3 is 6.09 Å². The maximum Gasteiger partial charge on any atom is 0.407 e.